The Kier molecular flexibility index (Phi) is 6.48. The molecule has 0 aliphatic heterocycles. The molecule has 0 aromatic rings. The Morgan fingerprint density at radius 2 is 1.71 bits per heavy atom. The minimum Gasteiger partial charge on any atom is -0.314 e. The number of rotatable bonds is 6. The number of hydrogen-bond acceptors (Lipinski definition) is 2. The topological polar surface area (TPSA) is 15.3 Å². The average molecular weight is 254 g/mol. The Labute approximate surface area is 103 Å². The van der Waals surface area contributed by atoms with Crippen LogP contribution in [0.5, 0.6) is 0 Å². The second-order valence-electron chi connectivity index (χ2n) is 5.62. The van der Waals surface area contributed by atoms with Gasteiger partial charge in [0, 0.05) is 6.04 Å². The molecule has 104 valence electrons. The molecule has 17 heavy (non-hydrogen) atoms. The molecule has 0 heterocycles. The molecule has 5 heteroatoms. The third-order valence-corrected chi connectivity index (χ3v) is 2.74. The maximum Gasteiger partial charge on any atom is 0.401 e. The molecular formula is C12H25F3N2. The van der Waals surface area contributed by atoms with E-state index in [2.05, 4.69) is 26.1 Å². The van der Waals surface area contributed by atoms with Crippen LogP contribution in [0, 0.1) is 5.41 Å². The zero-order valence-corrected chi connectivity index (χ0v) is 11.5. The molecule has 0 aromatic heterocycles. The predicted molar refractivity (Wildman–Crippen MR) is 65.1 cm³/mol. The van der Waals surface area contributed by atoms with Crippen LogP contribution in [-0.2, 0) is 0 Å². The zero-order chi connectivity index (χ0) is 13.7. The van der Waals surface area contributed by atoms with Crippen molar-refractivity contribution in [3.05, 3.63) is 0 Å². The molecule has 0 bridgehead atoms. The van der Waals surface area contributed by atoms with Gasteiger partial charge in [0.05, 0.1) is 6.54 Å². The molecule has 0 radical (unpaired) electrons. The van der Waals surface area contributed by atoms with Gasteiger partial charge in [-0.05, 0) is 32.0 Å². The predicted octanol–water partition coefficient (Wildman–Crippen LogP) is 2.89. The molecule has 2 nitrogen and oxygen atoms in total. The van der Waals surface area contributed by atoms with Gasteiger partial charge in [-0.2, -0.15) is 13.2 Å². The van der Waals surface area contributed by atoms with Crippen molar-refractivity contribution < 1.29 is 13.2 Å². The fourth-order valence-electron chi connectivity index (χ4n) is 1.82. The normalized spacial score (nSPS) is 15.4. The highest BCUT2D eigenvalue weighted by molar-refractivity contribution is 4.81. The van der Waals surface area contributed by atoms with Crippen molar-refractivity contribution in [3.63, 3.8) is 0 Å². The van der Waals surface area contributed by atoms with Crippen LogP contribution in [0.2, 0.25) is 0 Å². The van der Waals surface area contributed by atoms with E-state index in [1.54, 1.807) is 0 Å². The second-order valence-corrected chi connectivity index (χ2v) is 5.62. The summed E-state index contributed by atoms with van der Waals surface area (Å²) in [7, 11) is 1.51. The van der Waals surface area contributed by atoms with Crippen molar-refractivity contribution in [1.82, 2.24) is 10.2 Å². The van der Waals surface area contributed by atoms with E-state index in [-0.39, 0.29) is 11.5 Å². The van der Waals surface area contributed by atoms with Crippen molar-refractivity contribution >= 4 is 0 Å². The Morgan fingerprint density at radius 3 is 2.06 bits per heavy atom. The third-order valence-electron chi connectivity index (χ3n) is 2.74. The van der Waals surface area contributed by atoms with Gasteiger partial charge in [-0.3, -0.25) is 4.90 Å². The summed E-state index contributed by atoms with van der Waals surface area (Å²) in [6.07, 6.45) is -3.38. The van der Waals surface area contributed by atoms with E-state index in [0.717, 1.165) is 13.0 Å². The lowest BCUT2D eigenvalue weighted by Crippen LogP contribution is -2.43. The van der Waals surface area contributed by atoms with Gasteiger partial charge in [-0.1, -0.05) is 27.7 Å². The van der Waals surface area contributed by atoms with Gasteiger partial charge >= 0.3 is 6.18 Å². The first-order chi connectivity index (χ1) is 7.56. The average Bonchev–Trinajstić information content (AvgIpc) is 2.07. The van der Waals surface area contributed by atoms with E-state index in [1.165, 1.54) is 11.9 Å². The SMILES string of the molecule is CCNC(CCN(C)CC(F)(F)F)C(C)(C)C. The summed E-state index contributed by atoms with van der Waals surface area (Å²) in [6.45, 7) is 8.77. The molecule has 0 saturated heterocycles. The second kappa shape index (κ2) is 6.59. The minimum absolute atomic E-state index is 0.0646. The quantitative estimate of drug-likeness (QED) is 0.784. The summed E-state index contributed by atoms with van der Waals surface area (Å²) in [5, 5.41) is 3.33. The summed E-state index contributed by atoms with van der Waals surface area (Å²) in [5.74, 6) is 0. The fraction of sp³-hybridized carbons (Fsp3) is 1.00. The van der Waals surface area contributed by atoms with Gasteiger partial charge in [0.15, 0.2) is 0 Å². The van der Waals surface area contributed by atoms with Gasteiger partial charge in [0.2, 0.25) is 0 Å². The molecule has 0 saturated carbocycles. The Morgan fingerprint density at radius 1 is 1.18 bits per heavy atom. The first-order valence-electron chi connectivity index (χ1n) is 6.05. The first kappa shape index (κ1) is 16.7. The number of nitrogens with one attached hydrogen (secondary N) is 1. The van der Waals surface area contributed by atoms with Gasteiger partial charge in [-0.15, -0.1) is 0 Å². The standard InChI is InChI=1S/C12H25F3N2/c1-6-16-10(11(2,3)4)7-8-17(5)9-12(13,14)15/h10,16H,6-9H2,1-5H3. The molecular weight excluding hydrogens is 229 g/mol. The lowest BCUT2D eigenvalue weighted by Gasteiger charge is -2.33. The summed E-state index contributed by atoms with van der Waals surface area (Å²) in [6, 6.07) is 0.239. The van der Waals surface area contributed by atoms with Crippen LogP contribution >= 0.6 is 0 Å². The van der Waals surface area contributed by atoms with Crippen molar-refractivity contribution in [2.24, 2.45) is 5.41 Å². The lowest BCUT2D eigenvalue weighted by atomic mass is 9.84. The van der Waals surface area contributed by atoms with Crippen LogP contribution in [0.1, 0.15) is 34.1 Å². The van der Waals surface area contributed by atoms with Crippen molar-refractivity contribution in [3.8, 4) is 0 Å². The van der Waals surface area contributed by atoms with Crippen molar-refractivity contribution in [1.29, 1.82) is 0 Å². The molecule has 1 unspecified atom stereocenters. The van der Waals surface area contributed by atoms with E-state index < -0.39 is 12.7 Å². The molecule has 1 N–H and O–H groups in total. The van der Waals surface area contributed by atoms with E-state index in [9.17, 15) is 13.2 Å². The van der Waals surface area contributed by atoms with E-state index in [4.69, 9.17) is 0 Å². The molecule has 0 rings (SSSR count). The largest absolute Gasteiger partial charge is 0.401 e. The van der Waals surface area contributed by atoms with Crippen molar-refractivity contribution in [2.45, 2.75) is 46.3 Å². The number of halogens is 3. The number of hydrogen-bond donors (Lipinski definition) is 1. The van der Waals surface area contributed by atoms with Gasteiger partial charge in [0.25, 0.3) is 0 Å². The maximum absolute atomic E-state index is 12.2. The Balaban J connectivity index is 4.13. The highest BCUT2D eigenvalue weighted by Crippen LogP contribution is 2.22. The Hall–Kier alpha value is -0.290. The van der Waals surface area contributed by atoms with Crippen LogP contribution in [0.3, 0.4) is 0 Å². The highest BCUT2D eigenvalue weighted by Gasteiger charge is 2.30. The minimum atomic E-state index is -4.11. The summed E-state index contributed by atoms with van der Waals surface area (Å²) >= 11 is 0. The summed E-state index contributed by atoms with van der Waals surface area (Å²) in [5.41, 5.74) is 0.0646. The van der Waals surface area contributed by atoms with Gasteiger partial charge in [-0.25, -0.2) is 0 Å². The van der Waals surface area contributed by atoms with Crippen LogP contribution in [-0.4, -0.2) is 43.8 Å². The highest BCUT2D eigenvalue weighted by atomic mass is 19.4. The lowest BCUT2D eigenvalue weighted by molar-refractivity contribution is -0.143. The molecule has 0 amide bonds. The van der Waals surface area contributed by atoms with Crippen LogP contribution < -0.4 is 5.32 Å². The summed E-state index contributed by atoms with van der Waals surface area (Å²) in [4.78, 5) is 1.33. The van der Waals surface area contributed by atoms with Gasteiger partial charge < -0.3 is 5.32 Å². The summed E-state index contributed by atoms with van der Waals surface area (Å²) < 4.78 is 36.5. The van der Waals surface area contributed by atoms with Crippen LogP contribution in [0.15, 0.2) is 0 Å². The fourth-order valence-corrected chi connectivity index (χ4v) is 1.82. The van der Waals surface area contributed by atoms with Crippen LogP contribution in [0.25, 0.3) is 0 Å². The monoisotopic (exact) mass is 254 g/mol. The first-order valence-corrected chi connectivity index (χ1v) is 6.05. The number of nitrogens with zero attached hydrogens (tertiary/aromatic N) is 1. The van der Waals surface area contributed by atoms with E-state index in [1.807, 2.05) is 6.92 Å². The van der Waals surface area contributed by atoms with E-state index in [0.29, 0.717) is 6.54 Å². The Bertz CT molecular complexity index is 209. The molecule has 0 fully saturated rings. The molecule has 0 aliphatic carbocycles. The molecule has 0 aromatic carbocycles. The zero-order valence-electron chi connectivity index (χ0n) is 11.5. The maximum atomic E-state index is 12.2. The van der Waals surface area contributed by atoms with Crippen LogP contribution in [0.4, 0.5) is 13.2 Å². The smallest absolute Gasteiger partial charge is 0.314 e. The van der Waals surface area contributed by atoms with Crippen molar-refractivity contribution in [2.75, 3.05) is 26.7 Å². The van der Waals surface area contributed by atoms with E-state index >= 15 is 0 Å². The molecule has 0 aliphatic rings. The third kappa shape index (κ3) is 8.44. The number of alkyl halides is 3. The molecule has 1 atom stereocenters. The molecule has 0 spiro atoms. The van der Waals surface area contributed by atoms with Gasteiger partial charge in [0.1, 0.15) is 0 Å².